The highest BCUT2D eigenvalue weighted by molar-refractivity contribution is 5.84. The summed E-state index contributed by atoms with van der Waals surface area (Å²) in [4.78, 5) is 15.2. The van der Waals surface area contributed by atoms with Crippen molar-refractivity contribution in [2.45, 2.75) is 58.0 Å². The normalized spacial score (nSPS) is 28.9. The third-order valence-electron chi connectivity index (χ3n) is 5.92. The van der Waals surface area contributed by atoms with Gasteiger partial charge in [0.2, 0.25) is 0 Å². The zero-order chi connectivity index (χ0) is 16.7. The third-order valence-corrected chi connectivity index (χ3v) is 5.92. The van der Waals surface area contributed by atoms with E-state index in [1.807, 2.05) is 13.8 Å². The molecule has 3 atom stereocenters. The van der Waals surface area contributed by atoms with E-state index >= 15 is 0 Å². The fourth-order valence-corrected chi connectivity index (χ4v) is 4.94. The van der Waals surface area contributed by atoms with Crippen LogP contribution in [0, 0.1) is 5.92 Å². The molecule has 3 aliphatic rings. The second kappa shape index (κ2) is 6.40. The monoisotopic (exact) mass is 329 g/mol. The van der Waals surface area contributed by atoms with Gasteiger partial charge in [-0.2, -0.15) is 0 Å². The largest absolute Gasteiger partial charge is 0.490 e. The predicted molar refractivity (Wildman–Crippen MR) is 92.7 cm³/mol. The van der Waals surface area contributed by atoms with Gasteiger partial charge in [0.15, 0.2) is 11.5 Å². The van der Waals surface area contributed by atoms with Gasteiger partial charge in [0, 0.05) is 31.0 Å². The van der Waals surface area contributed by atoms with Gasteiger partial charge in [-0.3, -0.25) is 9.69 Å². The van der Waals surface area contributed by atoms with Gasteiger partial charge in [0.05, 0.1) is 13.2 Å². The lowest BCUT2D eigenvalue weighted by molar-refractivity contribution is -0.131. The molecule has 0 spiro atoms. The van der Waals surface area contributed by atoms with Crippen LogP contribution in [-0.4, -0.2) is 36.5 Å². The first-order chi connectivity index (χ1) is 11.7. The van der Waals surface area contributed by atoms with Crippen molar-refractivity contribution >= 4 is 5.78 Å². The molecule has 2 aliphatic heterocycles. The first-order valence-corrected chi connectivity index (χ1v) is 9.43. The molecule has 1 saturated heterocycles. The minimum atomic E-state index is 0.232. The van der Waals surface area contributed by atoms with E-state index < -0.39 is 0 Å². The summed E-state index contributed by atoms with van der Waals surface area (Å²) < 4.78 is 11.6. The molecule has 4 rings (SSSR count). The van der Waals surface area contributed by atoms with Gasteiger partial charge >= 0.3 is 0 Å². The molecule has 0 amide bonds. The molecule has 0 aromatic heterocycles. The fraction of sp³-hybridized carbons (Fsp3) is 0.650. The van der Waals surface area contributed by atoms with Gasteiger partial charge in [0.1, 0.15) is 5.78 Å². The average Bonchev–Trinajstić information content (AvgIpc) is 3.07. The Balaban J connectivity index is 1.72. The Hall–Kier alpha value is -1.55. The average molecular weight is 329 g/mol. The van der Waals surface area contributed by atoms with Crippen LogP contribution in [0.5, 0.6) is 11.5 Å². The Bertz CT molecular complexity index is 642. The Morgan fingerprint density at radius 2 is 1.88 bits per heavy atom. The maximum Gasteiger partial charge on any atom is 0.161 e. The fourth-order valence-electron chi connectivity index (χ4n) is 4.94. The van der Waals surface area contributed by atoms with Crippen molar-refractivity contribution < 1.29 is 14.3 Å². The van der Waals surface area contributed by atoms with Crippen LogP contribution in [0.2, 0.25) is 0 Å². The molecular formula is C20H27NO3. The van der Waals surface area contributed by atoms with Crippen LogP contribution in [0.15, 0.2) is 12.1 Å². The highest BCUT2D eigenvalue weighted by Crippen LogP contribution is 2.47. The highest BCUT2D eigenvalue weighted by Gasteiger charge is 2.46. The Labute approximate surface area is 144 Å². The number of ether oxygens (including phenoxy) is 2. The minimum absolute atomic E-state index is 0.232. The van der Waals surface area contributed by atoms with Crippen molar-refractivity contribution in [3.63, 3.8) is 0 Å². The number of benzene rings is 1. The number of carbonyl (C=O) groups is 1. The smallest absolute Gasteiger partial charge is 0.161 e. The summed E-state index contributed by atoms with van der Waals surface area (Å²) in [5.74, 6) is 2.42. The number of piperidine rings is 1. The van der Waals surface area contributed by atoms with Gasteiger partial charge in [-0.15, -0.1) is 0 Å². The van der Waals surface area contributed by atoms with Crippen molar-refractivity contribution in [1.29, 1.82) is 0 Å². The van der Waals surface area contributed by atoms with Crippen LogP contribution >= 0.6 is 0 Å². The van der Waals surface area contributed by atoms with E-state index in [0.29, 0.717) is 31.5 Å². The predicted octanol–water partition coefficient (Wildman–Crippen LogP) is 3.52. The van der Waals surface area contributed by atoms with Gasteiger partial charge in [-0.05, 0) is 56.4 Å². The number of carbonyl (C=O) groups excluding carboxylic acids is 1. The van der Waals surface area contributed by atoms with Crippen LogP contribution in [-0.2, 0) is 11.2 Å². The molecule has 2 fully saturated rings. The summed E-state index contributed by atoms with van der Waals surface area (Å²) in [6.45, 7) is 6.31. The van der Waals surface area contributed by atoms with Crippen molar-refractivity contribution in [1.82, 2.24) is 4.90 Å². The Morgan fingerprint density at radius 1 is 1.12 bits per heavy atom. The van der Waals surface area contributed by atoms with E-state index in [1.165, 1.54) is 24.0 Å². The zero-order valence-electron chi connectivity index (χ0n) is 14.7. The quantitative estimate of drug-likeness (QED) is 0.847. The Morgan fingerprint density at radius 3 is 2.62 bits per heavy atom. The summed E-state index contributed by atoms with van der Waals surface area (Å²) >= 11 is 0. The number of nitrogens with zero attached hydrogens (tertiary/aromatic N) is 1. The molecule has 0 radical (unpaired) electrons. The van der Waals surface area contributed by atoms with Crippen LogP contribution in [0.3, 0.4) is 0 Å². The first-order valence-electron chi connectivity index (χ1n) is 9.43. The van der Waals surface area contributed by atoms with Gasteiger partial charge < -0.3 is 9.47 Å². The van der Waals surface area contributed by atoms with E-state index in [0.717, 1.165) is 30.9 Å². The number of ketones is 1. The lowest BCUT2D eigenvalue weighted by Gasteiger charge is -2.46. The molecule has 1 aliphatic carbocycles. The molecule has 1 aromatic rings. The summed E-state index contributed by atoms with van der Waals surface area (Å²) in [5.41, 5.74) is 2.61. The number of hydrogen-bond acceptors (Lipinski definition) is 4. The molecule has 1 saturated carbocycles. The SMILES string of the molecule is CCOc1cc2c(cc1OCC)C1CC(=O)C3CCCC3N1CC2. The summed E-state index contributed by atoms with van der Waals surface area (Å²) in [7, 11) is 0. The molecule has 4 heteroatoms. The molecule has 130 valence electrons. The molecular weight excluding hydrogens is 302 g/mol. The summed E-state index contributed by atoms with van der Waals surface area (Å²) in [6.07, 6.45) is 5.17. The standard InChI is InChI=1S/C20H27NO3/c1-3-23-19-10-13-8-9-21-16-7-5-6-14(16)18(22)12-17(21)15(13)11-20(19)24-4-2/h10-11,14,16-17H,3-9,12H2,1-2H3. The second-order valence-electron chi connectivity index (χ2n) is 7.14. The molecule has 0 N–H and O–H groups in total. The first kappa shape index (κ1) is 15.9. The lowest BCUT2D eigenvalue weighted by atomic mass is 9.79. The summed E-state index contributed by atoms with van der Waals surface area (Å²) in [5, 5.41) is 0. The molecule has 4 nitrogen and oxygen atoms in total. The maximum atomic E-state index is 12.6. The molecule has 24 heavy (non-hydrogen) atoms. The number of hydrogen-bond donors (Lipinski definition) is 0. The van der Waals surface area contributed by atoms with Crippen LogP contribution in [0.1, 0.15) is 56.7 Å². The van der Waals surface area contributed by atoms with E-state index in [1.54, 1.807) is 0 Å². The van der Waals surface area contributed by atoms with Crippen molar-refractivity contribution in [2.24, 2.45) is 5.92 Å². The van der Waals surface area contributed by atoms with E-state index in [2.05, 4.69) is 17.0 Å². The zero-order valence-corrected chi connectivity index (χ0v) is 14.7. The highest BCUT2D eigenvalue weighted by atomic mass is 16.5. The van der Waals surface area contributed by atoms with Crippen LogP contribution in [0.4, 0.5) is 0 Å². The molecule has 3 unspecified atom stereocenters. The lowest BCUT2D eigenvalue weighted by Crippen LogP contribution is -2.51. The third kappa shape index (κ3) is 2.52. The summed E-state index contributed by atoms with van der Waals surface area (Å²) in [6, 6.07) is 4.98. The van der Waals surface area contributed by atoms with Crippen LogP contribution < -0.4 is 9.47 Å². The molecule has 2 heterocycles. The minimum Gasteiger partial charge on any atom is -0.490 e. The van der Waals surface area contributed by atoms with Crippen molar-refractivity contribution in [3.05, 3.63) is 23.3 Å². The van der Waals surface area contributed by atoms with Crippen LogP contribution in [0.25, 0.3) is 0 Å². The van der Waals surface area contributed by atoms with E-state index in [9.17, 15) is 4.79 Å². The number of rotatable bonds is 4. The second-order valence-corrected chi connectivity index (χ2v) is 7.14. The van der Waals surface area contributed by atoms with Gasteiger partial charge in [0.25, 0.3) is 0 Å². The number of Topliss-reactive ketones (excluding diaryl/α,β-unsaturated/α-hetero) is 1. The van der Waals surface area contributed by atoms with Gasteiger partial charge in [-0.25, -0.2) is 0 Å². The van der Waals surface area contributed by atoms with E-state index in [-0.39, 0.29) is 12.0 Å². The topological polar surface area (TPSA) is 38.8 Å². The Kier molecular flexibility index (Phi) is 4.25. The maximum absolute atomic E-state index is 12.6. The molecule has 1 aromatic carbocycles. The van der Waals surface area contributed by atoms with E-state index in [4.69, 9.17) is 9.47 Å². The molecule has 0 bridgehead atoms. The number of fused-ring (bicyclic) bond motifs is 5. The van der Waals surface area contributed by atoms with Crippen molar-refractivity contribution in [2.75, 3.05) is 19.8 Å². The van der Waals surface area contributed by atoms with Crippen molar-refractivity contribution in [3.8, 4) is 11.5 Å². The van der Waals surface area contributed by atoms with Gasteiger partial charge in [-0.1, -0.05) is 6.42 Å².